The van der Waals surface area contributed by atoms with Gasteiger partial charge in [-0.1, -0.05) is 0 Å². The first-order valence-corrected chi connectivity index (χ1v) is 9.38. The van der Waals surface area contributed by atoms with E-state index in [1.165, 1.54) is 30.7 Å². The van der Waals surface area contributed by atoms with Gasteiger partial charge in [-0.05, 0) is 31.9 Å². The fraction of sp³-hybridized carbons (Fsp3) is 0.562. The second-order valence-electron chi connectivity index (χ2n) is 5.61. The number of hydrogen-bond donors (Lipinski definition) is 1. The predicted molar refractivity (Wildman–Crippen MR) is 89.7 cm³/mol. The molecular formula is C16H24N2O5S. The Bertz CT molecular complexity index is 690. The van der Waals surface area contributed by atoms with Gasteiger partial charge in [0, 0.05) is 25.7 Å². The first kappa shape index (κ1) is 18.5. The second-order valence-corrected chi connectivity index (χ2v) is 7.55. The van der Waals surface area contributed by atoms with Crippen LogP contribution >= 0.6 is 0 Å². The van der Waals surface area contributed by atoms with Crippen molar-refractivity contribution in [3.8, 4) is 11.5 Å². The third-order valence-electron chi connectivity index (χ3n) is 4.10. The molecule has 0 bridgehead atoms. The topological polar surface area (TPSA) is 84.9 Å². The standard InChI is InChI=1S/C16H24N2O5S/c1-4-17-16(19)12-6-5-9-18(11-12)24(20,21)13-7-8-14(22-2)15(10-13)23-3/h7-8,10,12H,4-6,9,11H2,1-3H3,(H,17,19)/t12-/m1/s1. The minimum absolute atomic E-state index is 0.0929. The van der Waals surface area contributed by atoms with E-state index in [4.69, 9.17) is 9.47 Å². The number of ether oxygens (including phenoxy) is 2. The van der Waals surface area contributed by atoms with Gasteiger partial charge in [0.25, 0.3) is 0 Å². The van der Waals surface area contributed by atoms with Crippen LogP contribution in [-0.4, -0.2) is 52.5 Å². The van der Waals surface area contributed by atoms with Crippen molar-refractivity contribution in [2.24, 2.45) is 5.92 Å². The Labute approximate surface area is 143 Å². The van der Waals surface area contributed by atoms with Gasteiger partial charge in [-0.2, -0.15) is 4.31 Å². The Hall–Kier alpha value is -1.80. The molecule has 1 aliphatic rings. The largest absolute Gasteiger partial charge is 0.493 e. The molecule has 1 heterocycles. The second kappa shape index (κ2) is 7.85. The molecule has 7 nitrogen and oxygen atoms in total. The summed E-state index contributed by atoms with van der Waals surface area (Å²) in [6.07, 6.45) is 1.36. The third kappa shape index (κ3) is 3.81. The van der Waals surface area contributed by atoms with Gasteiger partial charge >= 0.3 is 0 Å². The van der Waals surface area contributed by atoms with E-state index < -0.39 is 10.0 Å². The van der Waals surface area contributed by atoms with E-state index in [1.807, 2.05) is 6.92 Å². The molecular weight excluding hydrogens is 332 g/mol. The van der Waals surface area contributed by atoms with Gasteiger partial charge in [0.2, 0.25) is 15.9 Å². The van der Waals surface area contributed by atoms with Crippen molar-refractivity contribution in [3.05, 3.63) is 18.2 Å². The molecule has 0 saturated carbocycles. The summed E-state index contributed by atoms with van der Waals surface area (Å²) in [6, 6.07) is 4.51. The van der Waals surface area contributed by atoms with Crippen LogP contribution in [0.4, 0.5) is 0 Å². The number of nitrogens with one attached hydrogen (secondary N) is 1. The van der Waals surface area contributed by atoms with Crippen LogP contribution in [0.2, 0.25) is 0 Å². The summed E-state index contributed by atoms with van der Waals surface area (Å²) in [6.45, 7) is 2.99. The minimum atomic E-state index is -3.68. The molecule has 1 aromatic rings. The Morgan fingerprint density at radius 1 is 1.29 bits per heavy atom. The number of benzene rings is 1. The van der Waals surface area contributed by atoms with Crippen molar-refractivity contribution in [3.63, 3.8) is 0 Å². The molecule has 1 atom stereocenters. The Kier molecular flexibility index (Phi) is 6.06. The maximum Gasteiger partial charge on any atom is 0.243 e. The first-order valence-electron chi connectivity index (χ1n) is 7.94. The number of amides is 1. The fourth-order valence-electron chi connectivity index (χ4n) is 2.82. The monoisotopic (exact) mass is 356 g/mol. The maximum atomic E-state index is 12.9. The average Bonchev–Trinajstić information content (AvgIpc) is 2.61. The van der Waals surface area contributed by atoms with Crippen LogP contribution in [0.3, 0.4) is 0 Å². The van der Waals surface area contributed by atoms with E-state index in [0.717, 1.165) is 0 Å². The average molecular weight is 356 g/mol. The summed E-state index contributed by atoms with van der Waals surface area (Å²) in [5.41, 5.74) is 0. The number of nitrogens with zero attached hydrogens (tertiary/aromatic N) is 1. The molecule has 2 rings (SSSR count). The van der Waals surface area contributed by atoms with E-state index >= 15 is 0 Å². The van der Waals surface area contributed by atoms with Crippen LogP contribution < -0.4 is 14.8 Å². The van der Waals surface area contributed by atoms with E-state index in [-0.39, 0.29) is 23.3 Å². The molecule has 0 aliphatic carbocycles. The summed E-state index contributed by atoms with van der Waals surface area (Å²) < 4.78 is 37.4. The van der Waals surface area contributed by atoms with Crippen molar-refractivity contribution < 1.29 is 22.7 Å². The van der Waals surface area contributed by atoms with Gasteiger partial charge in [-0.15, -0.1) is 0 Å². The van der Waals surface area contributed by atoms with Crippen molar-refractivity contribution >= 4 is 15.9 Å². The van der Waals surface area contributed by atoms with Crippen LogP contribution in [-0.2, 0) is 14.8 Å². The van der Waals surface area contributed by atoms with Crippen LogP contribution in [0.1, 0.15) is 19.8 Å². The molecule has 1 aromatic carbocycles. The number of sulfonamides is 1. The Balaban J connectivity index is 2.25. The zero-order valence-electron chi connectivity index (χ0n) is 14.2. The fourth-order valence-corrected chi connectivity index (χ4v) is 4.36. The summed E-state index contributed by atoms with van der Waals surface area (Å²) >= 11 is 0. The van der Waals surface area contributed by atoms with Crippen molar-refractivity contribution in [2.75, 3.05) is 33.9 Å². The molecule has 1 N–H and O–H groups in total. The molecule has 1 saturated heterocycles. The van der Waals surface area contributed by atoms with Crippen LogP contribution in [0.5, 0.6) is 11.5 Å². The molecule has 0 aromatic heterocycles. The predicted octanol–water partition coefficient (Wildman–Crippen LogP) is 1.24. The molecule has 1 amide bonds. The highest BCUT2D eigenvalue weighted by atomic mass is 32.2. The Morgan fingerprint density at radius 2 is 2.00 bits per heavy atom. The summed E-state index contributed by atoms with van der Waals surface area (Å²) in [4.78, 5) is 12.2. The van der Waals surface area contributed by atoms with E-state index in [0.29, 0.717) is 37.4 Å². The van der Waals surface area contributed by atoms with Crippen LogP contribution in [0, 0.1) is 5.92 Å². The van der Waals surface area contributed by atoms with Gasteiger partial charge in [-0.25, -0.2) is 8.42 Å². The number of carbonyl (C=O) groups is 1. The summed E-state index contributed by atoms with van der Waals surface area (Å²) in [7, 11) is -0.731. The Morgan fingerprint density at radius 3 is 2.62 bits per heavy atom. The lowest BCUT2D eigenvalue weighted by Gasteiger charge is -2.31. The zero-order valence-corrected chi connectivity index (χ0v) is 15.1. The van der Waals surface area contributed by atoms with E-state index in [2.05, 4.69) is 5.32 Å². The molecule has 1 fully saturated rings. The van der Waals surface area contributed by atoms with E-state index in [9.17, 15) is 13.2 Å². The SMILES string of the molecule is CCNC(=O)[C@@H]1CCCN(S(=O)(=O)c2ccc(OC)c(OC)c2)C1. The highest BCUT2D eigenvalue weighted by molar-refractivity contribution is 7.89. The summed E-state index contributed by atoms with van der Waals surface area (Å²) in [5, 5.41) is 2.76. The smallest absolute Gasteiger partial charge is 0.243 e. The number of hydrogen-bond acceptors (Lipinski definition) is 5. The lowest BCUT2D eigenvalue weighted by molar-refractivity contribution is -0.125. The minimum Gasteiger partial charge on any atom is -0.493 e. The molecule has 134 valence electrons. The van der Waals surface area contributed by atoms with Crippen LogP contribution in [0.15, 0.2) is 23.1 Å². The van der Waals surface area contributed by atoms with Crippen molar-refractivity contribution in [1.29, 1.82) is 0 Å². The number of rotatable bonds is 6. The summed E-state index contributed by atoms with van der Waals surface area (Å²) in [5.74, 6) is 0.421. The van der Waals surface area contributed by atoms with Crippen LogP contribution in [0.25, 0.3) is 0 Å². The number of methoxy groups -OCH3 is 2. The molecule has 0 unspecified atom stereocenters. The third-order valence-corrected chi connectivity index (χ3v) is 5.96. The molecule has 1 aliphatic heterocycles. The molecule has 0 spiro atoms. The van der Waals surface area contributed by atoms with Crippen molar-refractivity contribution in [2.45, 2.75) is 24.7 Å². The maximum absolute atomic E-state index is 12.9. The highest BCUT2D eigenvalue weighted by Crippen LogP contribution is 2.32. The molecule has 24 heavy (non-hydrogen) atoms. The van der Waals surface area contributed by atoms with E-state index in [1.54, 1.807) is 6.07 Å². The molecule has 8 heteroatoms. The quantitative estimate of drug-likeness (QED) is 0.829. The molecule has 0 radical (unpaired) electrons. The van der Waals surface area contributed by atoms with Gasteiger partial charge in [-0.3, -0.25) is 4.79 Å². The highest BCUT2D eigenvalue weighted by Gasteiger charge is 2.33. The lowest BCUT2D eigenvalue weighted by Crippen LogP contribution is -2.45. The van der Waals surface area contributed by atoms with Crippen molar-refractivity contribution in [1.82, 2.24) is 9.62 Å². The van der Waals surface area contributed by atoms with Gasteiger partial charge in [0.15, 0.2) is 11.5 Å². The number of piperidine rings is 1. The van der Waals surface area contributed by atoms with Gasteiger partial charge in [0.05, 0.1) is 25.0 Å². The lowest BCUT2D eigenvalue weighted by atomic mass is 9.99. The first-order chi connectivity index (χ1) is 11.4. The zero-order chi connectivity index (χ0) is 17.7. The normalized spacial score (nSPS) is 18.9. The van der Waals surface area contributed by atoms with Gasteiger partial charge in [0.1, 0.15) is 0 Å². The van der Waals surface area contributed by atoms with Gasteiger partial charge < -0.3 is 14.8 Å². The number of carbonyl (C=O) groups excluding carboxylic acids is 1.